The third kappa shape index (κ3) is 4.81. The van der Waals surface area contributed by atoms with Crippen LogP contribution in [-0.4, -0.2) is 48.5 Å². The van der Waals surface area contributed by atoms with Gasteiger partial charge < -0.3 is 14.7 Å². The summed E-state index contributed by atoms with van der Waals surface area (Å²) in [6.45, 7) is 7.47. The Morgan fingerprint density at radius 1 is 1.44 bits per heavy atom. The Bertz CT molecular complexity index is 196. The number of aliphatic hydroxyl groups is 1. The second-order valence-electron chi connectivity index (χ2n) is 5.38. The molecule has 1 N–H and O–H groups in total. The van der Waals surface area contributed by atoms with Crippen molar-refractivity contribution in [3.05, 3.63) is 0 Å². The average Bonchev–Trinajstić information content (AvgIpc) is 2.24. The van der Waals surface area contributed by atoms with Crippen molar-refractivity contribution in [1.29, 1.82) is 0 Å². The molecule has 96 valence electrons. The highest BCUT2D eigenvalue weighted by atomic mass is 16.5. The summed E-state index contributed by atoms with van der Waals surface area (Å²) in [6.07, 6.45) is 5.50. The SMILES string of the molecule is COC1(C)CCCN(CCCCC(C)O)C1. The molecule has 3 nitrogen and oxygen atoms in total. The van der Waals surface area contributed by atoms with Crippen molar-refractivity contribution in [3.8, 4) is 0 Å². The van der Waals surface area contributed by atoms with Gasteiger partial charge in [-0.05, 0) is 59.0 Å². The quantitative estimate of drug-likeness (QED) is 0.707. The van der Waals surface area contributed by atoms with E-state index in [1.165, 1.54) is 25.8 Å². The van der Waals surface area contributed by atoms with E-state index in [4.69, 9.17) is 4.74 Å². The molecule has 1 fully saturated rings. The Labute approximate surface area is 99.8 Å². The number of hydrogen-bond acceptors (Lipinski definition) is 3. The van der Waals surface area contributed by atoms with E-state index in [2.05, 4.69) is 11.8 Å². The minimum Gasteiger partial charge on any atom is -0.393 e. The summed E-state index contributed by atoms with van der Waals surface area (Å²) in [4.78, 5) is 2.50. The molecule has 0 aromatic carbocycles. The second-order valence-corrected chi connectivity index (χ2v) is 5.38. The van der Waals surface area contributed by atoms with Gasteiger partial charge in [0.2, 0.25) is 0 Å². The van der Waals surface area contributed by atoms with Crippen LogP contribution in [0.25, 0.3) is 0 Å². The van der Waals surface area contributed by atoms with Gasteiger partial charge in [0, 0.05) is 13.7 Å². The van der Waals surface area contributed by atoms with Gasteiger partial charge in [-0.1, -0.05) is 0 Å². The first-order valence-corrected chi connectivity index (χ1v) is 6.51. The van der Waals surface area contributed by atoms with Crippen molar-refractivity contribution in [2.45, 2.75) is 57.7 Å². The fraction of sp³-hybridized carbons (Fsp3) is 1.00. The lowest BCUT2D eigenvalue weighted by atomic mass is 9.94. The van der Waals surface area contributed by atoms with E-state index < -0.39 is 0 Å². The van der Waals surface area contributed by atoms with E-state index in [1.54, 1.807) is 0 Å². The highest BCUT2D eigenvalue weighted by Crippen LogP contribution is 2.23. The van der Waals surface area contributed by atoms with Crippen molar-refractivity contribution in [1.82, 2.24) is 4.90 Å². The number of aliphatic hydroxyl groups excluding tert-OH is 1. The molecule has 2 atom stereocenters. The number of methoxy groups -OCH3 is 1. The number of likely N-dealkylation sites (tertiary alicyclic amines) is 1. The van der Waals surface area contributed by atoms with Crippen molar-refractivity contribution in [3.63, 3.8) is 0 Å². The molecule has 1 aliphatic heterocycles. The minimum atomic E-state index is -0.148. The zero-order valence-corrected chi connectivity index (χ0v) is 11.0. The summed E-state index contributed by atoms with van der Waals surface area (Å²) in [6, 6.07) is 0. The average molecular weight is 229 g/mol. The van der Waals surface area contributed by atoms with Gasteiger partial charge >= 0.3 is 0 Å². The van der Waals surface area contributed by atoms with E-state index >= 15 is 0 Å². The van der Waals surface area contributed by atoms with Gasteiger partial charge in [-0.2, -0.15) is 0 Å². The second kappa shape index (κ2) is 6.58. The third-order valence-corrected chi connectivity index (χ3v) is 3.58. The van der Waals surface area contributed by atoms with E-state index in [9.17, 15) is 5.11 Å². The monoisotopic (exact) mass is 229 g/mol. The van der Waals surface area contributed by atoms with Crippen LogP contribution < -0.4 is 0 Å². The largest absolute Gasteiger partial charge is 0.393 e. The molecule has 0 aromatic heterocycles. The lowest BCUT2D eigenvalue weighted by Crippen LogP contribution is -2.47. The Morgan fingerprint density at radius 2 is 2.19 bits per heavy atom. The summed E-state index contributed by atoms with van der Waals surface area (Å²) in [5, 5.41) is 9.18. The lowest BCUT2D eigenvalue weighted by molar-refractivity contribution is -0.0509. The summed E-state index contributed by atoms with van der Waals surface area (Å²) in [5.74, 6) is 0. The molecule has 0 radical (unpaired) electrons. The van der Waals surface area contributed by atoms with Crippen molar-refractivity contribution < 1.29 is 9.84 Å². The third-order valence-electron chi connectivity index (χ3n) is 3.58. The molecule has 0 bridgehead atoms. The Kier molecular flexibility index (Phi) is 5.73. The Hall–Kier alpha value is -0.120. The van der Waals surface area contributed by atoms with Gasteiger partial charge in [-0.15, -0.1) is 0 Å². The van der Waals surface area contributed by atoms with Gasteiger partial charge in [-0.25, -0.2) is 0 Å². The molecule has 1 aliphatic rings. The lowest BCUT2D eigenvalue weighted by Gasteiger charge is -2.39. The van der Waals surface area contributed by atoms with E-state index in [0.29, 0.717) is 0 Å². The standard InChI is InChI=1S/C13H27NO2/c1-12(15)7-4-5-9-14-10-6-8-13(2,11-14)16-3/h12,15H,4-11H2,1-3H3. The van der Waals surface area contributed by atoms with Crippen LogP contribution >= 0.6 is 0 Å². The first-order chi connectivity index (χ1) is 7.56. The van der Waals surface area contributed by atoms with Crippen molar-refractivity contribution in [2.75, 3.05) is 26.7 Å². The fourth-order valence-electron chi connectivity index (χ4n) is 2.44. The zero-order valence-electron chi connectivity index (χ0n) is 11.0. The van der Waals surface area contributed by atoms with E-state index in [1.807, 2.05) is 14.0 Å². The number of rotatable bonds is 6. The number of piperidine rings is 1. The number of ether oxygens (including phenoxy) is 1. The highest BCUT2D eigenvalue weighted by molar-refractivity contribution is 4.84. The molecule has 0 amide bonds. The first kappa shape index (κ1) is 13.9. The van der Waals surface area contributed by atoms with Crippen molar-refractivity contribution in [2.24, 2.45) is 0 Å². The van der Waals surface area contributed by atoms with Gasteiger partial charge in [0.1, 0.15) is 0 Å². The van der Waals surface area contributed by atoms with Gasteiger partial charge in [-0.3, -0.25) is 0 Å². The highest BCUT2D eigenvalue weighted by Gasteiger charge is 2.30. The predicted molar refractivity (Wildman–Crippen MR) is 66.6 cm³/mol. The summed E-state index contributed by atoms with van der Waals surface area (Å²) in [5.41, 5.74) is 0.0581. The molecule has 1 rings (SSSR count). The van der Waals surface area contributed by atoms with E-state index in [-0.39, 0.29) is 11.7 Å². The Morgan fingerprint density at radius 3 is 2.81 bits per heavy atom. The van der Waals surface area contributed by atoms with Crippen LogP contribution in [0.3, 0.4) is 0 Å². The maximum absolute atomic E-state index is 9.18. The maximum Gasteiger partial charge on any atom is 0.0777 e. The van der Waals surface area contributed by atoms with E-state index in [0.717, 1.165) is 25.9 Å². The number of hydrogen-bond donors (Lipinski definition) is 1. The van der Waals surface area contributed by atoms with Crippen LogP contribution in [0.4, 0.5) is 0 Å². The number of unbranched alkanes of at least 4 members (excludes halogenated alkanes) is 1. The number of nitrogens with zero attached hydrogens (tertiary/aromatic N) is 1. The van der Waals surface area contributed by atoms with Crippen LogP contribution in [-0.2, 0) is 4.74 Å². The molecule has 1 heterocycles. The van der Waals surface area contributed by atoms with Crippen LogP contribution in [0.2, 0.25) is 0 Å². The van der Waals surface area contributed by atoms with Gasteiger partial charge in [0.05, 0.1) is 11.7 Å². The zero-order chi connectivity index (χ0) is 12.0. The van der Waals surface area contributed by atoms with Crippen LogP contribution in [0.1, 0.15) is 46.0 Å². The van der Waals surface area contributed by atoms with Crippen LogP contribution in [0.5, 0.6) is 0 Å². The molecule has 1 saturated heterocycles. The molecule has 0 aliphatic carbocycles. The summed E-state index contributed by atoms with van der Waals surface area (Å²) in [7, 11) is 1.82. The summed E-state index contributed by atoms with van der Waals surface area (Å²) < 4.78 is 5.57. The predicted octanol–water partition coefficient (Wildman–Crippen LogP) is 2.04. The molecule has 16 heavy (non-hydrogen) atoms. The van der Waals surface area contributed by atoms with Gasteiger partial charge in [0.15, 0.2) is 0 Å². The van der Waals surface area contributed by atoms with Crippen LogP contribution in [0.15, 0.2) is 0 Å². The molecule has 3 heteroatoms. The molecule has 2 unspecified atom stereocenters. The normalized spacial score (nSPS) is 29.2. The fourth-order valence-corrected chi connectivity index (χ4v) is 2.44. The molecule has 0 spiro atoms. The first-order valence-electron chi connectivity index (χ1n) is 6.51. The van der Waals surface area contributed by atoms with Gasteiger partial charge in [0.25, 0.3) is 0 Å². The molecule has 0 saturated carbocycles. The smallest absolute Gasteiger partial charge is 0.0777 e. The van der Waals surface area contributed by atoms with Crippen molar-refractivity contribution >= 4 is 0 Å². The van der Waals surface area contributed by atoms with Crippen LogP contribution in [0, 0.1) is 0 Å². The summed E-state index contributed by atoms with van der Waals surface area (Å²) >= 11 is 0. The molecular formula is C13H27NO2. The topological polar surface area (TPSA) is 32.7 Å². The molecule has 0 aromatic rings. The minimum absolute atomic E-state index is 0.0581. The Balaban J connectivity index is 2.17. The molecular weight excluding hydrogens is 202 g/mol. The maximum atomic E-state index is 9.18.